The molecule has 5 nitrogen and oxygen atoms in total. The molecule has 0 aliphatic carbocycles. The summed E-state index contributed by atoms with van der Waals surface area (Å²) in [6.45, 7) is 4.08. The Hall–Kier alpha value is -2.40. The summed E-state index contributed by atoms with van der Waals surface area (Å²) in [5.41, 5.74) is 8.45. The van der Waals surface area contributed by atoms with Gasteiger partial charge < -0.3 is 15.8 Å². The molecule has 0 bridgehead atoms. The van der Waals surface area contributed by atoms with Gasteiger partial charge >= 0.3 is 0 Å². The third kappa shape index (κ3) is 4.53. The van der Waals surface area contributed by atoms with Gasteiger partial charge in [0.2, 0.25) is 5.91 Å². The summed E-state index contributed by atoms with van der Waals surface area (Å²) in [5.74, 6) is 0.862. The monoisotopic (exact) mass is 313 g/mol. The summed E-state index contributed by atoms with van der Waals surface area (Å²) in [6, 6.07) is 8.85. The molecule has 0 saturated carbocycles. The van der Waals surface area contributed by atoms with Crippen molar-refractivity contribution in [1.29, 1.82) is 0 Å². The lowest BCUT2D eigenvalue weighted by molar-refractivity contribution is -0.117. The Morgan fingerprint density at radius 2 is 2.13 bits per heavy atom. The van der Waals surface area contributed by atoms with Crippen molar-refractivity contribution >= 4 is 11.6 Å². The van der Waals surface area contributed by atoms with E-state index in [0.717, 1.165) is 11.1 Å². The van der Waals surface area contributed by atoms with Gasteiger partial charge in [-0.15, -0.1) is 0 Å². The Morgan fingerprint density at radius 3 is 2.74 bits per heavy atom. The third-order valence-corrected chi connectivity index (χ3v) is 3.50. The van der Waals surface area contributed by atoms with Crippen molar-refractivity contribution in [3.8, 4) is 16.9 Å². The minimum atomic E-state index is -0.515. The summed E-state index contributed by atoms with van der Waals surface area (Å²) in [7, 11) is 1.60. The molecule has 0 spiro atoms. The Labute approximate surface area is 136 Å². The molecule has 3 N–H and O–H groups in total. The van der Waals surface area contributed by atoms with Crippen LogP contribution in [0.5, 0.6) is 5.75 Å². The number of pyridine rings is 1. The number of anilines is 1. The second kappa shape index (κ2) is 7.74. The first-order valence-corrected chi connectivity index (χ1v) is 7.66. The van der Waals surface area contributed by atoms with Crippen LogP contribution in [0.25, 0.3) is 11.1 Å². The van der Waals surface area contributed by atoms with Gasteiger partial charge in [-0.25, -0.2) is 0 Å². The Kier molecular flexibility index (Phi) is 5.71. The van der Waals surface area contributed by atoms with Crippen LogP contribution in [0, 0.1) is 5.92 Å². The Bertz CT molecular complexity index is 657. The van der Waals surface area contributed by atoms with Crippen LogP contribution in [-0.4, -0.2) is 24.0 Å². The highest BCUT2D eigenvalue weighted by Crippen LogP contribution is 2.32. The Balaban J connectivity index is 2.18. The van der Waals surface area contributed by atoms with E-state index in [1.165, 1.54) is 0 Å². The molecule has 1 amide bonds. The third-order valence-electron chi connectivity index (χ3n) is 3.50. The molecule has 1 aromatic carbocycles. The smallest absolute Gasteiger partial charge is 0.241 e. The molecule has 1 atom stereocenters. The van der Waals surface area contributed by atoms with Gasteiger partial charge in [0.15, 0.2) is 0 Å². The molecule has 0 saturated heterocycles. The molecule has 5 heteroatoms. The summed E-state index contributed by atoms with van der Waals surface area (Å²) in [6.07, 6.45) is 4.14. The molecular formula is C18H23N3O2. The van der Waals surface area contributed by atoms with Crippen LogP contribution >= 0.6 is 0 Å². The molecule has 0 radical (unpaired) electrons. The fraction of sp³-hybridized carbons (Fsp3) is 0.333. The van der Waals surface area contributed by atoms with Crippen molar-refractivity contribution in [2.24, 2.45) is 11.7 Å². The lowest BCUT2D eigenvalue weighted by Gasteiger charge is -2.15. The molecule has 2 rings (SSSR count). The van der Waals surface area contributed by atoms with Crippen LogP contribution in [-0.2, 0) is 4.79 Å². The number of carbonyl (C=O) groups excluding carboxylic acids is 1. The zero-order chi connectivity index (χ0) is 16.8. The molecule has 0 unspecified atom stereocenters. The predicted molar refractivity (Wildman–Crippen MR) is 92.3 cm³/mol. The molecule has 1 aromatic heterocycles. The largest absolute Gasteiger partial charge is 0.496 e. The summed E-state index contributed by atoms with van der Waals surface area (Å²) in [4.78, 5) is 16.2. The van der Waals surface area contributed by atoms with Crippen LogP contribution in [0.3, 0.4) is 0 Å². The topological polar surface area (TPSA) is 77.2 Å². The molecule has 1 heterocycles. The standard InChI is InChI=1S/C18H23N3O2/c1-12(2)9-16(19)18(22)21-14-6-7-15(17(10-14)23-3)13-5-4-8-20-11-13/h4-8,10-12,16H,9,19H2,1-3H3,(H,21,22)/t16-/m1/s1. The lowest BCUT2D eigenvalue weighted by atomic mass is 10.0. The number of nitrogens with one attached hydrogen (secondary N) is 1. The van der Waals surface area contributed by atoms with Crippen molar-refractivity contribution in [3.63, 3.8) is 0 Å². The molecule has 23 heavy (non-hydrogen) atoms. The highest BCUT2D eigenvalue weighted by atomic mass is 16.5. The van der Waals surface area contributed by atoms with Gasteiger partial charge in [-0.1, -0.05) is 19.9 Å². The van der Waals surface area contributed by atoms with Gasteiger partial charge in [0, 0.05) is 35.3 Å². The van der Waals surface area contributed by atoms with Gasteiger partial charge in [-0.3, -0.25) is 9.78 Å². The average Bonchev–Trinajstić information content (AvgIpc) is 2.54. The number of carbonyl (C=O) groups is 1. The summed E-state index contributed by atoms with van der Waals surface area (Å²) < 4.78 is 5.44. The van der Waals surface area contributed by atoms with Crippen molar-refractivity contribution in [2.45, 2.75) is 26.3 Å². The van der Waals surface area contributed by atoms with Crippen molar-refractivity contribution in [3.05, 3.63) is 42.7 Å². The Morgan fingerprint density at radius 1 is 1.35 bits per heavy atom. The van der Waals surface area contributed by atoms with E-state index in [1.54, 1.807) is 25.6 Å². The van der Waals surface area contributed by atoms with Gasteiger partial charge in [0.25, 0.3) is 0 Å². The van der Waals surface area contributed by atoms with Crippen molar-refractivity contribution < 1.29 is 9.53 Å². The molecule has 122 valence electrons. The van der Waals surface area contributed by atoms with E-state index in [9.17, 15) is 4.79 Å². The number of ether oxygens (including phenoxy) is 1. The van der Waals surface area contributed by atoms with E-state index < -0.39 is 6.04 Å². The second-order valence-electron chi connectivity index (χ2n) is 5.88. The maximum absolute atomic E-state index is 12.1. The molecule has 0 aliphatic heterocycles. The fourth-order valence-corrected chi connectivity index (χ4v) is 2.38. The summed E-state index contributed by atoms with van der Waals surface area (Å²) >= 11 is 0. The minimum absolute atomic E-state index is 0.185. The van der Waals surface area contributed by atoms with Crippen LogP contribution in [0.15, 0.2) is 42.7 Å². The molecule has 0 fully saturated rings. The first-order valence-electron chi connectivity index (χ1n) is 7.66. The quantitative estimate of drug-likeness (QED) is 0.859. The number of benzene rings is 1. The van der Waals surface area contributed by atoms with Crippen LogP contribution in [0.2, 0.25) is 0 Å². The maximum Gasteiger partial charge on any atom is 0.241 e. The van der Waals surface area contributed by atoms with Crippen molar-refractivity contribution in [1.82, 2.24) is 4.98 Å². The van der Waals surface area contributed by atoms with E-state index in [2.05, 4.69) is 10.3 Å². The van der Waals surface area contributed by atoms with E-state index in [4.69, 9.17) is 10.5 Å². The maximum atomic E-state index is 12.1. The first-order chi connectivity index (χ1) is 11.0. The molecule has 0 aliphatic rings. The number of nitrogens with two attached hydrogens (primary N) is 1. The van der Waals surface area contributed by atoms with E-state index in [-0.39, 0.29) is 5.91 Å². The first kappa shape index (κ1) is 17.0. The lowest BCUT2D eigenvalue weighted by Crippen LogP contribution is -2.36. The molecular weight excluding hydrogens is 290 g/mol. The predicted octanol–water partition coefficient (Wildman–Crippen LogP) is 3.07. The van der Waals surface area contributed by atoms with E-state index in [1.807, 2.05) is 38.1 Å². The highest BCUT2D eigenvalue weighted by Gasteiger charge is 2.16. The van der Waals surface area contributed by atoms with Crippen molar-refractivity contribution in [2.75, 3.05) is 12.4 Å². The molecule has 2 aromatic rings. The zero-order valence-electron chi connectivity index (χ0n) is 13.7. The summed E-state index contributed by atoms with van der Waals surface area (Å²) in [5, 5.41) is 2.84. The minimum Gasteiger partial charge on any atom is -0.496 e. The number of nitrogens with zero attached hydrogens (tertiary/aromatic N) is 1. The number of methoxy groups -OCH3 is 1. The van der Waals surface area contributed by atoms with Crippen LogP contribution < -0.4 is 15.8 Å². The van der Waals surface area contributed by atoms with E-state index in [0.29, 0.717) is 23.8 Å². The van der Waals surface area contributed by atoms with Gasteiger partial charge in [0.1, 0.15) is 5.75 Å². The van der Waals surface area contributed by atoms with Gasteiger partial charge in [-0.05, 0) is 30.5 Å². The SMILES string of the molecule is COc1cc(NC(=O)[C@H](N)CC(C)C)ccc1-c1cccnc1. The fourth-order valence-electron chi connectivity index (χ4n) is 2.38. The number of hydrogen-bond acceptors (Lipinski definition) is 4. The van der Waals surface area contributed by atoms with Gasteiger partial charge in [-0.2, -0.15) is 0 Å². The second-order valence-corrected chi connectivity index (χ2v) is 5.88. The highest BCUT2D eigenvalue weighted by molar-refractivity contribution is 5.95. The normalized spacial score (nSPS) is 12.0. The van der Waals surface area contributed by atoms with Gasteiger partial charge in [0.05, 0.1) is 13.2 Å². The zero-order valence-corrected chi connectivity index (χ0v) is 13.7. The van der Waals surface area contributed by atoms with Crippen LogP contribution in [0.1, 0.15) is 20.3 Å². The number of amides is 1. The van der Waals surface area contributed by atoms with Crippen LogP contribution in [0.4, 0.5) is 5.69 Å². The average molecular weight is 313 g/mol. The number of rotatable bonds is 6. The number of aromatic nitrogens is 1. The number of hydrogen-bond donors (Lipinski definition) is 2. The van der Waals surface area contributed by atoms with E-state index >= 15 is 0 Å².